The SMILES string of the molecule is COc1cccc(-c2cc3ccc(OCC(C)CN(C)C(C)C)cc3c(=O)n2CC(=O)NC(C)C)c1. The summed E-state index contributed by atoms with van der Waals surface area (Å²) < 4.78 is 13.0. The fourth-order valence-electron chi connectivity index (χ4n) is 4.10. The van der Waals surface area contributed by atoms with E-state index in [2.05, 4.69) is 38.0 Å². The second kappa shape index (κ2) is 12.1. The third-order valence-electron chi connectivity index (χ3n) is 6.22. The van der Waals surface area contributed by atoms with Crippen LogP contribution in [0.5, 0.6) is 11.5 Å². The lowest BCUT2D eigenvalue weighted by molar-refractivity contribution is -0.122. The van der Waals surface area contributed by atoms with E-state index in [1.54, 1.807) is 13.2 Å². The Morgan fingerprint density at radius 1 is 1.03 bits per heavy atom. The van der Waals surface area contributed by atoms with Crippen molar-refractivity contribution in [3.8, 4) is 22.8 Å². The lowest BCUT2D eigenvalue weighted by Crippen LogP contribution is -2.36. The van der Waals surface area contributed by atoms with Gasteiger partial charge in [-0.1, -0.05) is 25.1 Å². The van der Waals surface area contributed by atoms with Crippen LogP contribution in [0.1, 0.15) is 34.6 Å². The zero-order chi connectivity index (χ0) is 26.4. The number of methoxy groups -OCH3 is 1. The third kappa shape index (κ3) is 6.88. The van der Waals surface area contributed by atoms with Crippen LogP contribution < -0.4 is 20.3 Å². The molecule has 1 heterocycles. The van der Waals surface area contributed by atoms with Crippen molar-refractivity contribution < 1.29 is 14.3 Å². The minimum Gasteiger partial charge on any atom is -0.497 e. The second-order valence-corrected chi connectivity index (χ2v) is 10.1. The Bertz CT molecular complexity index is 1250. The van der Waals surface area contributed by atoms with Gasteiger partial charge in [-0.05, 0) is 70.5 Å². The Kier molecular flexibility index (Phi) is 9.15. The molecule has 0 bridgehead atoms. The van der Waals surface area contributed by atoms with Gasteiger partial charge in [0, 0.05) is 30.1 Å². The summed E-state index contributed by atoms with van der Waals surface area (Å²) in [6.45, 7) is 11.7. The largest absolute Gasteiger partial charge is 0.497 e. The summed E-state index contributed by atoms with van der Waals surface area (Å²) in [6, 6.07) is 15.5. The van der Waals surface area contributed by atoms with Crippen molar-refractivity contribution in [3.63, 3.8) is 0 Å². The van der Waals surface area contributed by atoms with Crippen LogP contribution in [0.3, 0.4) is 0 Å². The Labute approximate surface area is 214 Å². The molecule has 0 saturated carbocycles. The van der Waals surface area contributed by atoms with Crippen LogP contribution in [0.25, 0.3) is 22.0 Å². The highest BCUT2D eigenvalue weighted by atomic mass is 16.5. The van der Waals surface area contributed by atoms with E-state index in [1.165, 1.54) is 4.57 Å². The van der Waals surface area contributed by atoms with Gasteiger partial charge in [0.25, 0.3) is 5.56 Å². The zero-order valence-corrected chi connectivity index (χ0v) is 22.5. The number of aromatic nitrogens is 1. The molecular formula is C29H39N3O4. The number of amides is 1. The van der Waals surface area contributed by atoms with Gasteiger partial charge in [0.05, 0.1) is 24.8 Å². The number of fused-ring (bicyclic) bond motifs is 1. The Morgan fingerprint density at radius 2 is 1.78 bits per heavy atom. The predicted molar refractivity (Wildman–Crippen MR) is 146 cm³/mol. The lowest BCUT2D eigenvalue weighted by Gasteiger charge is -2.24. The van der Waals surface area contributed by atoms with Gasteiger partial charge < -0.3 is 19.7 Å². The van der Waals surface area contributed by atoms with Crippen LogP contribution in [0.2, 0.25) is 0 Å². The van der Waals surface area contributed by atoms with Crippen LogP contribution in [0.4, 0.5) is 0 Å². The fourth-order valence-corrected chi connectivity index (χ4v) is 4.10. The van der Waals surface area contributed by atoms with Crippen molar-refractivity contribution in [3.05, 3.63) is 58.9 Å². The number of hydrogen-bond donors (Lipinski definition) is 1. The smallest absolute Gasteiger partial charge is 0.259 e. The van der Waals surface area contributed by atoms with Crippen LogP contribution in [-0.2, 0) is 11.3 Å². The van der Waals surface area contributed by atoms with Crippen LogP contribution >= 0.6 is 0 Å². The molecule has 1 amide bonds. The predicted octanol–water partition coefficient (Wildman–Crippen LogP) is 4.56. The summed E-state index contributed by atoms with van der Waals surface area (Å²) >= 11 is 0. The van der Waals surface area contributed by atoms with Crippen LogP contribution in [0, 0.1) is 5.92 Å². The third-order valence-corrected chi connectivity index (χ3v) is 6.22. The molecule has 2 aromatic carbocycles. The molecule has 36 heavy (non-hydrogen) atoms. The first-order valence-corrected chi connectivity index (χ1v) is 12.5. The number of hydrogen-bond acceptors (Lipinski definition) is 5. The van der Waals surface area contributed by atoms with Gasteiger partial charge in [-0.15, -0.1) is 0 Å². The number of ether oxygens (including phenoxy) is 2. The molecule has 3 rings (SSSR count). The topological polar surface area (TPSA) is 72.8 Å². The summed E-state index contributed by atoms with van der Waals surface area (Å²) in [5.74, 6) is 1.44. The Balaban J connectivity index is 1.99. The molecular weight excluding hydrogens is 454 g/mol. The standard InChI is InChI=1S/C29H39N3O4/c1-19(2)30-28(33)17-32-27(23-9-8-10-24(13-23)35-7)14-22-11-12-25(15-26(22)29(32)34)36-18-21(5)16-31(6)20(3)4/h8-15,19-21H,16-18H2,1-7H3,(H,30,33). The van der Waals surface area contributed by atoms with E-state index in [-0.39, 0.29) is 24.1 Å². The molecule has 1 N–H and O–H groups in total. The average molecular weight is 494 g/mol. The molecule has 0 aliphatic heterocycles. The van der Waals surface area contributed by atoms with Gasteiger partial charge in [0.2, 0.25) is 5.91 Å². The van der Waals surface area contributed by atoms with E-state index in [0.29, 0.717) is 41.1 Å². The van der Waals surface area contributed by atoms with Crippen LogP contribution in [0.15, 0.2) is 53.3 Å². The normalized spacial score (nSPS) is 12.4. The maximum absolute atomic E-state index is 13.7. The Hall–Kier alpha value is -3.32. The average Bonchev–Trinajstić information content (AvgIpc) is 2.83. The van der Waals surface area contributed by atoms with Gasteiger partial charge in [-0.2, -0.15) is 0 Å². The molecule has 0 spiro atoms. The molecule has 7 nitrogen and oxygen atoms in total. The highest BCUT2D eigenvalue weighted by molar-refractivity contribution is 5.87. The van der Waals surface area contributed by atoms with Gasteiger partial charge in [-0.25, -0.2) is 0 Å². The first kappa shape index (κ1) is 27.3. The molecule has 194 valence electrons. The monoisotopic (exact) mass is 493 g/mol. The molecule has 1 unspecified atom stereocenters. The van der Waals surface area contributed by atoms with Crippen molar-refractivity contribution >= 4 is 16.7 Å². The molecule has 0 fully saturated rings. The van der Waals surface area contributed by atoms with E-state index >= 15 is 0 Å². The van der Waals surface area contributed by atoms with Gasteiger partial charge >= 0.3 is 0 Å². The van der Waals surface area contributed by atoms with Gasteiger partial charge in [-0.3, -0.25) is 14.2 Å². The van der Waals surface area contributed by atoms with Crippen molar-refractivity contribution in [1.82, 2.24) is 14.8 Å². The second-order valence-electron chi connectivity index (χ2n) is 10.1. The zero-order valence-electron chi connectivity index (χ0n) is 22.5. The molecule has 3 aromatic rings. The summed E-state index contributed by atoms with van der Waals surface area (Å²) in [6.07, 6.45) is 0. The summed E-state index contributed by atoms with van der Waals surface area (Å²) in [4.78, 5) is 28.7. The summed E-state index contributed by atoms with van der Waals surface area (Å²) in [5, 5.41) is 4.19. The Morgan fingerprint density at radius 3 is 2.44 bits per heavy atom. The molecule has 0 aliphatic carbocycles. The van der Waals surface area contributed by atoms with Crippen LogP contribution in [-0.4, -0.2) is 54.8 Å². The number of carbonyl (C=O) groups is 1. The van der Waals surface area contributed by atoms with E-state index in [9.17, 15) is 9.59 Å². The number of nitrogens with zero attached hydrogens (tertiary/aromatic N) is 2. The van der Waals surface area contributed by atoms with Crippen molar-refractivity contribution in [2.24, 2.45) is 5.92 Å². The number of pyridine rings is 1. The van der Waals surface area contributed by atoms with Gasteiger partial charge in [0.15, 0.2) is 0 Å². The van der Waals surface area contributed by atoms with E-state index in [4.69, 9.17) is 9.47 Å². The fraction of sp³-hybridized carbons (Fsp3) is 0.448. The van der Waals surface area contributed by atoms with E-state index < -0.39 is 0 Å². The highest BCUT2D eigenvalue weighted by Crippen LogP contribution is 2.27. The number of rotatable bonds is 11. The van der Waals surface area contributed by atoms with Crippen molar-refractivity contribution in [1.29, 1.82) is 0 Å². The number of carbonyl (C=O) groups excluding carboxylic acids is 1. The molecule has 7 heteroatoms. The highest BCUT2D eigenvalue weighted by Gasteiger charge is 2.16. The lowest BCUT2D eigenvalue weighted by atomic mass is 10.1. The number of benzene rings is 2. The molecule has 1 aromatic heterocycles. The van der Waals surface area contributed by atoms with Gasteiger partial charge in [0.1, 0.15) is 18.0 Å². The first-order chi connectivity index (χ1) is 17.1. The quantitative estimate of drug-likeness (QED) is 0.424. The summed E-state index contributed by atoms with van der Waals surface area (Å²) in [5.41, 5.74) is 1.22. The molecule has 0 radical (unpaired) electrons. The molecule has 0 saturated heterocycles. The van der Waals surface area contributed by atoms with E-state index in [0.717, 1.165) is 17.5 Å². The minimum absolute atomic E-state index is 0.0225. The summed E-state index contributed by atoms with van der Waals surface area (Å²) in [7, 11) is 3.71. The van der Waals surface area contributed by atoms with Crippen molar-refractivity contribution in [2.75, 3.05) is 27.3 Å². The first-order valence-electron chi connectivity index (χ1n) is 12.5. The molecule has 0 aliphatic rings. The van der Waals surface area contributed by atoms with Crippen molar-refractivity contribution in [2.45, 2.75) is 53.2 Å². The maximum atomic E-state index is 13.7. The molecule has 1 atom stereocenters. The maximum Gasteiger partial charge on any atom is 0.259 e. The minimum atomic E-state index is -0.234. The van der Waals surface area contributed by atoms with E-state index in [1.807, 2.05) is 56.3 Å². The number of nitrogens with one attached hydrogen (secondary N) is 1.